The summed E-state index contributed by atoms with van der Waals surface area (Å²) in [6, 6.07) is 47.9. The molecule has 4 aromatic heterocycles. The minimum atomic E-state index is 0. The summed E-state index contributed by atoms with van der Waals surface area (Å²) in [5.41, 5.74) is 13.7. The number of aromatic nitrogens is 3. The van der Waals surface area contributed by atoms with Gasteiger partial charge in [-0.15, -0.1) is 53.6 Å². The maximum Gasteiger partial charge on any atom is 0.128 e. The first-order valence-corrected chi connectivity index (χ1v) is 16.7. The van der Waals surface area contributed by atoms with Crippen molar-refractivity contribution in [1.82, 2.24) is 15.0 Å². The topological polar surface area (TPSA) is 51.8 Å². The largest absolute Gasteiger partial charge is 0.500 e. The van der Waals surface area contributed by atoms with Gasteiger partial charge in [-0.1, -0.05) is 96.7 Å². The summed E-state index contributed by atoms with van der Waals surface area (Å²) >= 11 is 0. The van der Waals surface area contributed by atoms with Gasteiger partial charge in [0.15, 0.2) is 0 Å². The Labute approximate surface area is 311 Å². The van der Waals surface area contributed by atoms with Gasteiger partial charge >= 0.3 is 0 Å². The van der Waals surface area contributed by atoms with E-state index in [2.05, 4.69) is 127 Å². The molecule has 4 heterocycles. The Balaban J connectivity index is 0.000000169. The van der Waals surface area contributed by atoms with Gasteiger partial charge in [-0.05, 0) is 70.6 Å². The maximum absolute atomic E-state index is 6.54. The number of furan rings is 1. The van der Waals surface area contributed by atoms with Crippen molar-refractivity contribution >= 4 is 32.7 Å². The molecule has 0 aliphatic rings. The van der Waals surface area contributed by atoms with Gasteiger partial charge in [0.2, 0.25) is 0 Å². The fourth-order valence-corrected chi connectivity index (χ4v) is 6.55. The van der Waals surface area contributed by atoms with Crippen LogP contribution in [0.25, 0.3) is 77.5 Å². The molecule has 9 aromatic rings. The van der Waals surface area contributed by atoms with Crippen molar-refractivity contribution in [2.75, 3.05) is 0 Å². The van der Waals surface area contributed by atoms with Crippen LogP contribution in [-0.4, -0.2) is 15.0 Å². The van der Waals surface area contributed by atoms with E-state index in [1.165, 1.54) is 33.2 Å². The standard InChI is InChI=1S/C27H17N2O.C19H16N.Ir/c1-17-11-12-18-13-15-28-16-23(18)25(17)22-9-5-7-20-19-6-4-8-21(26(19)30-27(20)22)24-10-2-3-14-29-24;1-14-8-10-17(11-9-14)19-12-18(15(2)13-20-19)16-6-4-3-5-7-16;/h2-7,9-16H,1H3;3-10,12-13H,1-2H3;/q2*-1;. The number of nitrogens with zero attached hydrogens (tertiary/aromatic N) is 3. The zero-order valence-electron chi connectivity index (χ0n) is 28.4. The quantitative estimate of drug-likeness (QED) is 0.166. The molecule has 0 spiro atoms. The summed E-state index contributed by atoms with van der Waals surface area (Å²) in [5, 5.41) is 4.46. The third-order valence-electron chi connectivity index (χ3n) is 9.11. The SMILES string of the molecule is Cc1c[c-]c(-c2cc(-c3ccccc3)c(C)cn2)cc1.Cc1ccc2ccncc2c1-c1cccc2c1oc1c(-c3ccccn3)[c-]ccc12.[Ir]. The summed E-state index contributed by atoms with van der Waals surface area (Å²) in [4.78, 5) is 13.4. The van der Waals surface area contributed by atoms with E-state index in [-0.39, 0.29) is 20.1 Å². The fraction of sp³-hybridized carbons (Fsp3) is 0.0652. The molecule has 0 atom stereocenters. The van der Waals surface area contributed by atoms with Crippen molar-refractivity contribution < 1.29 is 24.5 Å². The van der Waals surface area contributed by atoms with E-state index in [1.54, 1.807) is 6.20 Å². The van der Waals surface area contributed by atoms with Crippen LogP contribution in [0.1, 0.15) is 16.7 Å². The molecule has 0 N–H and O–H groups in total. The van der Waals surface area contributed by atoms with E-state index in [9.17, 15) is 0 Å². The molecule has 1 radical (unpaired) electrons. The van der Waals surface area contributed by atoms with Gasteiger partial charge in [0.05, 0.1) is 5.58 Å². The van der Waals surface area contributed by atoms with Crippen LogP contribution in [0.4, 0.5) is 0 Å². The monoisotopic (exact) mass is 836 g/mol. The first kappa shape index (κ1) is 33.7. The zero-order chi connectivity index (χ0) is 34.0. The molecule has 0 bridgehead atoms. The van der Waals surface area contributed by atoms with E-state index in [1.807, 2.05) is 61.1 Å². The van der Waals surface area contributed by atoms with E-state index in [0.29, 0.717) is 0 Å². The second-order valence-electron chi connectivity index (χ2n) is 12.5. The van der Waals surface area contributed by atoms with Gasteiger partial charge in [0.1, 0.15) is 5.58 Å². The Morgan fingerprint density at radius 1 is 0.588 bits per heavy atom. The minimum absolute atomic E-state index is 0. The summed E-state index contributed by atoms with van der Waals surface area (Å²) in [6.45, 7) is 6.30. The zero-order valence-corrected chi connectivity index (χ0v) is 30.8. The molecule has 0 amide bonds. The number of aryl methyl sites for hydroxylation is 3. The van der Waals surface area contributed by atoms with Gasteiger partial charge in [-0.3, -0.25) is 4.98 Å². The minimum Gasteiger partial charge on any atom is -0.500 e. The third-order valence-corrected chi connectivity index (χ3v) is 9.11. The second-order valence-corrected chi connectivity index (χ2v) is 12.5. The predicted molar refractivity (Wildman–Crippen MR) is 205 cm³/mol. The number of hydrogen-bond donors (Lipinski definition) is 0. The molecule has 5 heteroatoms. The normalized spacial score (nSPS) is 10.9. The average molecular weight is 836 g/mol. The number of rotatable bonds is 4. The molecule has 4 nitrogen and oxygen atoms in total. The van der Waals surface area contributed by atoms with Gasteiger partial charge in [0, 0.05) is 61.2 Å². The number of para-hydroxylation sites is 1. The Morgan fingerprint density at radius 3 is 2.24 bits per heavy atom. The van der Waals surface area contributed by atoms with E-state index < -0.39 is 0 Å². The van der Waals surface area contributed by atoms with Gasteiger partial charge in [0.25, 0.3) is 0 Å². The Morgan fingerprint density at radius 2 is 1.43 bits per heavy atom. The molecule has 5 aromatic carbocycles. The summed E-state index contributed by atoms with van der Waals surface area (Å²) in [5.74, 6) is 0. The number of pyridine rings is 3. The number of fused-ring (bicyclic) bond motifs is 4. The molecular formula is C46H33IrN3O-2. The Bertz CT molecular complexity index is 2610. The van der Waals surface area contributed by atoms with Crippen LogP contribution in [0, 0.1) is 32.9 Å². The molecule has 51 heavy (non-hydrogen) atoms. The Hall–Kier alpha value is -5.74. The Kier molecular flexibility index (Phi) is 9.67. The first-order chi connectivity index (χ1) is 24.5. The summed E-state index contributed by atoms with van der Waals surface area (Å²) < 4.78 is 6.54. The van der Waals surface area contributed by atoms with Crippen molar-refractivity contribution in [3.8, 4) is 44.8 Å². The van der Waals surface area contributed by atoms with Gasteiger partial charge < -0.3 is 14.4 Å². The molecule has 0 fully saturated rings. The van der Waals surface area contributed by atoms with Crippen LogP contribution < -0.4 is 0 Å². The average Bonchev–Trinajstić information content (AvgIpc) is 3.56. The van der Waals surface area contributed by atoms with Crippen molar-refractivity contribution in [3.63, 3.8) is 0 Å². The van der Waals surface area contributed by atoms with Crippen LogP contribution in [0.2, 0.25) is 0 Å². The van der Waals surface area contributed by atoms with E-state index in [0.717, 1.165) is 61.0 Å². The van der Waals surface area contributed by atoms with E-state index >= 15 is 0 Å². The summed E-state index contributed by atoms with van der Waals surface area (Å²) in [6.07, 6.45) is 7.50. The van der Waals surface area contributed by atoms with Gasteiger partial charge in [-0.25, -0.2) is 0 Å². The van der Waals surface area contributed by atoms with Gasteiger partial charge in [-0.2, -0.15) is 0 Å². The maximum atomic E-state index is 6.54. The van der Waals surface area contributed by atoms with Crippen molar-refractivity contribution in [3.05, 3.63) is 175 Å². The smallest absolute Gasteiger partial charge is 0.128 e. The second kappa shape index (κ2) is 14.6. The van der Waals surface area contributed by atoms with Crippen LogP contribution >= 0.6 is 0 Å². The summed E-state index contributed by atoms with van der Waals surface area (Å²) in [7, 11) is 0. The van der Waals surface area contributed by atoms with Crippen molar-refractivity contribution in [2.24, 2.45) is 0 Å². The third kappa shape index (κ3) is 6.62. The number of benzene rings is 5. The first-order valence-electron chi connectivity index (χ1n) is 16.7. The molecule has 0 unspecified atom stereocenters. The van der Waals surface area contributed by atoms with Crippen LogP contribution in [-0.2, 0) is 20.1 Å². The molecule has 0 saturated carbocycles. The number of hydrogen-bond acceptors (Lipinski definition) is 4. The molecule has 249 valence electrons. The van der Waals surface area contributed by atoms with Crippen molar-refractivity contribution in [2.45, 2.75) is 20.8 Å². The molecule has 0 saturated heterocycles. The van der Waals surface area contributed by atoms with Crippen molar-refractivity contribution in [1.29, 1.82) is 0 Å². The molecule has 0 aliphatic heterocycles. The molecule has 9 rings (SSSR count). The molecule has 0 aliphatic carbocycles. The molecular weight excluding hydrogens is 803 g/mol. The van der Waals surface area contributed by atoms with E-state index in [4.69, 9.17) is 4.42 Å². The van der Waals surface area contributed by atoms with Crippen LogP contribution in [0.5, 0.6) is 0 Å². The fourth-order valence-electron chi connectivity index (χ4n) is 6.55. The predicted octanol–water partition coefficient (Wildman–Crippen LogP) is 11.8. The van der Waals surface area contributed by atoms with Crippen LogP contribution in [0.15, 0.2) is 151 Å². The van der Waals surface area contributed by atoms with Crippen LogP contribution in [0.3, 0.4) is 0 Å².